The molecular weight excluding hydrogens is 288 g/mol. The maximum absolute atomic E-state index is 11.9. The molecule has 0 radical (unpaired) electrons. The van der Waals surface area contributed by atoms with Gasteiger partial charge in [-0.05, 0) is 18.2 Å². The molecule has 1 unspecified atom stereocenters. The number of rotatable bonds is 3. The molecule has 5 nitrogen and oxygen atoms in total. The highest BCUT2D eigenvalue weighted by Gasteiger charge is 2.37. The second-order valence-electron chi connectivity index (χ2n) is 4.72. The molecule has 0 bridgehead atoms. The van der Waals surface area contributed by atoms with E-state index in [1.54, 1.807) is 6.07 Å². The van der Waals surface area contributed by atoms with Gasteiger partial charge >= 0.3 is 0 Å². The highest BCUT2D eigenvalue weighted by atomic mass is 35.7. The van der Waals surface area contributed by atoms with Gasteiger partial charge in [0.1, 0.15) is 5.25 Å². The molecule has 1 aliphatic rings. The molecule has 0 spiro atoms. The Morgan fingerprint density at radius 2 is 2.05 bits per heavy atom. The van der Waals surface area contributed by atoms with Crippen LogP contribution in [0.3, 0.4) is 0 Å². The number of hydrogen-bond donors (Lipinski definition) is 0. The molecule has 19 heavy (non-hydrogen) atoms. The Morgan fingerprint density at radius 3 is 2.58 bits per heavy atom. The third-order valence-electron chi connectivity index (χ3n) is 3.15. The summed E-state index contributed by atoms with van der Waals surface area (Å²) >= 11 is 0. The van der Waals surface area contributed by atoms with Crippen molar-refractivity contribution in [2.45, 2.75) is 11.7 Å². The monoisotopic (exact) mass is 302 g/mol. The molecule has 1 aromatic rings. The van der Waals surface area contributed by atoms with Crippen molar-refractivity contribution in [2.24, 2.45) is 0 Å². The summed E-state index contributed by atoms with van der Waals surface area (Å²) in [7, 11) is 5.42. The number of benzene rings is 1. The average molecular weight is 303 g/mol. The number of carbonyl (C=O) groups is 1. The van der Waals surface area contributed by atoms with Gasteiger partial charge in [0.15, 0.2) is 0 Å². The standard InChI is InChI=1S/C12H15ClN2O3S/c1-14(2)9-4-3-5-10(6-9)15-8-11(7-12(15)16)19(13,17)18/h3-6,11H,7-8H2,1-2H3. The van der Waals surface area contributed by atoms with Crippen molar-refractivity contribution in [3.63, 3.8) is 0 Å². The van der Waals surface area contributed by atoms with E-state index in [0.717, 1.165) is 5.69 Å². The lowest BCUT2D eigenvalue weighted by Crippen LogP contribution is -2.26. The Balaban J connectivity index is 2.28. The molecule has 1 saturated heterocycles. The molecule has 104 valence electrons. The van der Waals surface area contributed by atoms with E-state index in [1.807, 2.05) is 37.2 Å². The van der Waals surface area contributed by atoms with Crippen LogP contribution in [-0.2, 0) is 13.8 Å². The van der Waals surface area contributed by atoms with E-state index in [4.69, 9.17) is 10.7 Å². The highest BCUT2D eigenvalue weighted by molar-refractivity contribution is 8.14. The average Bonchev–Trinajstić information content (AvgIpc) is 2.71. The van der Waals surface area contributed by atoms with Gasteiger partial charge < -0.3 is 9.80 Å². The van der Waals surface area contributed by atoms with Crippen molar-refractivity contribution < 1.29 is 13.2 Å². The van der Waals surface area contributed by atoms with Crippen molar-refractivity contribution in [3.8, 4) is 0 Å². The van der Waals surface area contributed by atoms with Gasteiger partial charge in [-0.15, -0.1) is 0 Å². The van der Waals surface area contributed by atoms with E-state index in [1.165, 1.54) is 4.90 Å². The fourth-order valence-electron chi connectivity index (χ4n) is 2.05. The minimum atomic E-state index is -3.70. The van der Waals surface area contributed by atoms with Gasteiger partial charge in [0.05, 0.1) is 0 Å². The first-order chi connectivity index (χ1) is 8.79. The van der Waals surface area contributed by atoms with Crippen LogP contribution in [0.15, 0.2) is 24.3 Å². The molecule has 0 N–H and O–H groups in total. The normalized spacial score (nSPS) is 19.8. The number of anilines is 2. The molecule has 1 heterocycles. The van der Waals surface area contributed by atoms with Crippen LogP contribution in [0.1, 0.15) is 6.42 Å². The van der Waals surface area contributed by atoms with Crippen molar-refractivity contribution in [1.82, 2.24) is 0 Å². The number of nitrogens with zero attached hydrogens (tertiary/aromatic N) is 2. The van der Waals surface area contributed by atoms with Crippen LogP contribution < -0.4 is 9.80 Å². The first-order valence-corrected chi connectivity index (χ1v) is 8.17. The summed E-state index contributed by atoms with van der Waals surface area (Å²) in [6, 6.07) is 7.38. The number of hydrogen-bond acceptors (Lipinski definition) is 4. The summed E-state index contributed by atoms with van der Waals surface area (Å²) in [6.07, 6.45) is -0.0575. The van der Waals surface area contributed by atoms with E-state index in [-0.39, 0.29) is 18.9 Å². The first-order valence-electron chi connectivity index (χ1n) is 5.80. The lowest BCUT2D eigenvalue weighted by Gasteiger charge is -2.19. The van der Waals surface area contributed by atoms with E-state index in [9.17, 15) is 13.2 Å². The van der Waals surface area contributed by atoms with E-state index >= 15 is 0 Å². The minimum Gasteiger partial charge on any atom is -0.378 e. The van der Waals surface area contributed by atoms with Crippen LogP contribution in [0, 0.1) is 0 Å². The zero-order valence-corrected chi connectivity index (χ0v) is 12.3. The quantitative estimate of drug-likeness (QED) is 0.793. The summed E-state index contributed by atoms with van der Waals surface area (Å²) in [6.45, 7) is 0.113. The summed E-state index contributed by atoms with van der Waals surface area (Å²) in [5.74, 6) is -0.217. The smallest absolute Gasteiger partial charge is 0.237 e. The van der Waals surface area contributed by atoms with Crippen molar-refractivity contribution in [3.05, 3.63) is 24.3 Å². The predicted octanol–water partition coefficient (Wildman–Crippen LogP) is 1.43. The van der Waals surface area contributed by atoms with Crippen molar-refractivity contribution in [1.29, 1.82) is 0 Å². The van der Waals surface area contributed by atoms with Gasteiger partial charge in [-0.2, -0.15) is 0 Å². The zero-order chi connectivity index (χ0) is 14.2. The van der Waals surface area contributed by atoms with Crippen molar-refractivity contribution >= 4 is 37.0 Å². The second kappa shape index (κ2) is 5.02. The van der Waals surface area contributed by atoms with Crippen LogP contribution >= 0.6 is 10.7 Å². The van der Waals surface area contributed by atoms with E-state index in [2.05, 4.69) is 0 Å². The van der Waals surface area contributed by atoms with Gasteiger partial charge in [0.2, 0.25) is 15.0 Å². The lowest BCUT2D eigenvalue weighted by atomic mass is 10.2. The van der Waals surface area contributed by atoms with Gasteiger partial charge in [-0.25, -0.2) is 8.42 Å². The maximum atomic E-state index is 11.9. The third-order valence-corrected chi connectivity index (χ3v) is 5.01. The molecule has 1 amide bonds. The largest absolute Gasteiger partial charge is 0.378 e. The molecule has 1 fully saturated rings. The molecule has 1 aliphatic heterocycles. The Labute approximate surface area is 117 Å². The third kappa shape index (κ3) is 3.01. The van der Waals surface area contributed by atoms with Crippen molar-refractivity contribution in [2.75, 3.05) is 30.4 Å². The molecule has 1 atom stereocenters. The summed E-state index contributed by atoms with van der Waals surface area (Å²) in [5.41, 5.74) is 1.64. The van der Waals surface area contributed by atoms with Gasteiger partial charge in [-0.3, -0.25) is 4.79 Å². The number of halogens is 1. The SMILES string of the molecule is CN(C)c1cccc(N2CC(S(=O)(=O)Cl)CC2=O)c1. The molecule has 7 heteroatoms. The summed E-state index contributed by atoms with van der Waals surface area (Å²) in [5, 5.41) is -0.829. The predicted molar refractivity (Wildman–Crippen MR) is 76.3 cm³/mol. The first kappa shape index (κ1) is 14.1. The van der Waals surface area contributed by atoms with E-state index < -0.39 is 14.3 Å². The van der Waals surface area contributed by atoms with E-state index in [0.29, 0.717) is 5.69 Å². The van der Waals surface area contributed by atoms with Gasteiger partial charge in [0, 0.05) is 49.1 Å². The fourth-order valence-corrected chi connectivity index (χ4v) is 3.08. The zero-order valence-electron chi connectivity index (χ0n) is 10.7. The maximum Gasteiger partial charge on any atom is 0.237 e. The minimum absolute atomic E-state index is 0.0575. The Hall–Kier alpha value is -1.27. The van der Waals surface area contributed by atoms with Crippen LogP contribution in [-0.4, -0.2) is 40.2 Å². The molecule has 0 aliphatic carbocycles. The van der Waals surface area contributed by atoms with Crippen LogP contribution in [0.2, 0.25) is 0 Å². The second-order valence-corrected chi connectivity index (χ2v) is 7.63. The van der Waals surface area contributed by atoms with Crippen LogP contribution in [0.25, 0.3) is 0 Å². The Morgan fingerprint density at radius 1 is 1.37 bits per heavy atom. The molecule has 1 aromatic carbocycles. The lowest BCUT2D eigenvalue weighted by molar-refractivity contribution is -0.117. The Kier molecular flexibility index (Phi) is 3.73. The molecular formula is C12H15ClN2O3S. The number of amides is 1. The molecule has 2 rings (SSSR count). The topological polar surface area (TPSA) is 57.7 Å². The Bertz CT molecular complexity index is 601. The fraction of sp³-hybridized carbons (Fsp3) is 0.417. The molecule has 0 saturated carbocycles. The van der Waals surface area contributed by atoms with Crippen LogP contribution in [0.4, 0.5) is 11.4 Å². The van der Waals surface area contributed by atoms with Gasteiger partial charge in [0.25, 0.3) is 0 Å². The summed E-state index contributed by atoms with van der Waals surface area (Å²) < 4.78 is 22.6. The highest BCUT2D eigenvalue weighted by Crippen LogP contribution is 2.28. The van der Waals surface area contributed by atoms with Crippen LogP contribution in [0.5, 0.6) is 0 Å². The summed E-state index contributed by atoms with van der Waals surface area (Å²) in [4.78, 5) is 15.3. The number of carbonyl (C=O) groups excluding carboxylic acids is 1. The molecule has 0 aromatic heterocycles. The van der Waals surface area contributed by atoms with Gasteiger partial charge in [-0.1, -0.05) is 6.07 Å².